The van der Waals surface area contributed by atoms with Gasteiger partial charge in [-0.05, 0) is 36.8 Å². The molecule has 0 unspecified atom stereocenters. The second-order valence-corrected chi connectivity index (χ2v) is 8.82. The van der Waals surface area contributed by atoms with Gasteiger partial charge >= 0.3 is 0 Å². The largest absolute Gasteiger partial charge is 0.494 e. The van der Waals surface area contributed by atoms with Crippen molar-refractivity contribution in [1.29, 1.82) is 0 Å². The molecular formula is C20H23ClN2O4S. The van der Waals surface area contributed by atoms with E-state index in [4.69, 9.17) is 16.3 Å². The number of hydrogen-bond donors (Lipinski definition) is 0. The first-order valence-electron chi connectivity index (χ1n) is 9.20. The molecule has 28 heavy (non-hydrogen) atoms. The minimum atomic E-state index is -3.68. The van der Waals surface area contributed by atoms with E-state index < -0.39 is 10.0 Å². The summed E-state index contributed by atoms with van der Waals surface area (Å²) >= 11 is 6.06. The SMILES string of the molecule is CCCOc1cccc(C(=O)N2CCN(S(=O)(=O)c3ccccc3Cl)CC2)c1. The van der Waals surface area contributed by atoms with Gasteiger partial charge in [0.1, 0.15) is 10.6 Å². The summed E-state index contributed by atoms with van der Waals surface area (Å²) in [6.07, 6.45) is 0.889. The lowest BCUT2D eigenvalue weighted by Gasteiger charge is -2.34. The smallest absolute Gasteiger partial charge is 0.254 e. The molecule has 0 aliphatic carbocycles. The summed E-state index contributed by atoms with van der Waals surface area (Å²) in [5.74, 6) is 0.532. The Morgan fingerprint density at radius 3 is 2.46 bits per heavy atom. The maximum absolute atomic E-state index is 12.8. The molecule has 0 radical (unpaired) electrons. The third-order valence-corrected chi connectivity index (χ3v) is 6.93. The third-order valence-electron chi connectivity index (χ3n) is 4.53. The van der Waals surface area contributed by atoms with E-state index >= 15 is 0 Å². The lowest BCUT2D eigenvalue weighted by atomic mass is 10.1. The van der Waals surface area contributed by atoms with Crippen molar-refractivity contribution < 1.29 is 17.9 Å². The lowest BCUT2D eigenvalue weighted by Crippen LogP contribution is -2.50. The van der Waals surface area contributed by atoms with Crippen molar-refractivity contribution in [3.05, 3.63) is 59.1 Å². The molecule has 1 amide bonds. The average Bonchev–Trinajstić information content (AvgIpc) is 2.72. The standard InChI is InChI=1S/C20H23ClN2O4S/c1-2-14-27-17-7-5-6-16(15-17)20(24)22-10-12-23(13-11-22)28(25,26)19-9-4-3-8-18(19)21/h3-9,15H,2,10-14H2,1H3. The van der Waals surface area contributed by atoms with Crippen molar-refractivity contribution in [2.24, 2.45) is 0 Å². The first-order valence-corrected chi connectivity index (χ1v) is 11.0. The molecule has 1 heterocycles. The molecular weight excluding hydrogens is 400 g/mol. The van der Waals surface area contributed by atoms with Gasteiger partial charge in [-0.1, -0.05) is 36.7 Å². The van der Waals surface area contributed by atoms with Crippen LogP contribution in [0.15, 0.2) is 53.4 Å². The van der Waals surface area contributed by atoms with E-state index in [9.17, 15) is 13.2 Å². The Morgan fingerprint density at radius 2 is 1.79 bits per heavy atom. The summed E-state index contributed by atoms with van der Waals surface area (Å²) in [6.45, 7) is 3.71. The van der Waals surface area contributed by atoms with Crippen molar-refractivity contribution in [3.63, 3.8) is 0 Å². The number of nitrogens with zero attached hydrogens (tertiary/aromatic N) is 2. The second-order valence-electron chi connectivity index (χ2n) is 6.50. The van der Waals surface area contributed by atoms with Gasteiger partial charge < -0.3 is 9.64 Å². The van der Waals surface area contributed by atoms with E-state index in [0.29, 0.717) is 31.0 Å². The predicted octanol–water partition coefficient (Wildman–Crippen LogP) is 3.28. The number of sulfonamides is 1. The number of carbonyl (C=O) groups excluding carboxylic acids is 1. The quantitative estimate of drug-likeness (QED) is 0.716. The van der Waals surface area contributed by atoms with Gasteiger partial charge in [0.2, 0.25) is 10.0 Å². The van der Waals surface area contributed by atoms with E-state index in [1.54, 1.807) is 41.3 Å². The summed E-state index contributed by atoms with van der Waals surface area (Å²) in [6, 6.07) is 13.5. The number of rotatable bonds is 6. The summed E-state index contributed by atoms with van der Waals surface area (Å²) < 4.78 is 32.6. The molecule has 1 fully saturated rings. The molecule has 2 aromatic carbocycles. The highest BCUT2D eigenvalue weighted by molar-refractivity contribution is 7.89. The Hall–Kier alpha value is -2.09. The fraction of sp³-hybridized carbons (Fsp3) is 0.350. The fourth-order valence-corrected chi connectivity index (χ4v) is 4.96. The zero-order chi connectivity index (χ0) is 20.1. The molecule has 8 heteroatoms. The molecule has 0 aromatic heterocycles. The van der Waals surface area contributed by atoms with Crippen molar-refractivity contribution in [3.8, 4) is 5.75 Å². The van der Waals surface area contributed by atoms with E-state index in [2.05, 4.69) is 0 Å². The Balaban J connectivity index is 1.67. The second kappa shape index (κ2) is 8.94. The summed E-state index contributed by atoms with van der Waals surface area (Å²) in [7, 11) is -3.68. The van der Waals surface area contributed by atoms with Crippen LogP contribution >= 0.6 is 11.6 Å². The van der Waals surface area contributed by atoms with Gasteiger partial charge in [0.25, 0.3) is 5.91 Å². The number of carbonyl (C=O) groups is 1. The van der Waals surface area contributed by atoms with Gasteiger partial charge in [-0.3, -0.25) is 4.79 Å². The zero-order valence-corrected chi connectivity index (χ0v) is 17.2. The molecule has 0 saturated carbocycles. The minimum Gasteiger partial charge on any atom is -0.494 e. The highest BCUT2D eigenvalue weighted by Gasteiger charge is 2.31. The minimum absolute atomic E-state index is 0.0946. The first-order chi connectivity index (χ1) is 13.4. The van der Waals surface area contributed by atoms with Gasteiger partial charge in [0.15, 0.2) is 0 Å². The van der Waals surface area contributed by atoms with Crippen LogP contribution in [-0.2, 0) is 10.0 Å². The number of piperazine rings is 1. The van der Waals surface area contributed by atoms with Crippen molar-refractivity contribution in [1.82, 2.24) is 9.21 Å². The van der Waals surface area contributed by atoms with Crippen molar-refractivity contribution >= 4 is 27.5 Å². The molecule has 1 aliphatic heterocycles. The van der Waals surface area contributed by atoms with Crippen LogP contribution in [-0.4, -0.2) is 56.3 Å². The summed E-state index contributed by atoms with van der Waals surface area (Å²) in [4.78, 5) is 14.5. The van der Waals surface area contributed by atoms with Gasteiger partial charge in [-0.25, -0.2) is 8.42 Å². The summed E-state index contributed by atoms with van der Waals surface area (Å²) in [5.41, 5.74) is 0.538. The molecule has 150 valence electrons. The third kappa shape index (κ3) is 4.48. The maximum atomic E-state index is 12.8. The van der Waals surface area contributed by atoms with Crippen LogP contribution in [0.4, 0.5) is 0 Å². The Labute approximate surface area is 170 Å². The number of ether oxygens (including phenoxy) is 1. The monoisotopic (exact) mass is 422 g/mol. The highest BCUT2D eigenvalue weighted by Crippen LogP contribution is 2.25. The van der Waals surface area contributed by atoms with Gasteiger partial charge in [0.05, 0.1) is 11.6 Å². The van der Waals surface area contributed by atoms with Crippen LogP contribution in [0, 0.1) is 0 Å². The van der Waals surface area contributed by atoms with Crippen LogP contribution in [0.25, 0.3) is 0 Å². The molecule has 0 N–H and O–H groups in total. The molecule has 0 atom stereocenters. The van der Waals surface area contributed by atoms with Crippen molar-refractivity contribution in [2.45, 2.75) is 18.2 Å². The maximum Gasteiger partial charge on any atom is 0.254 e. The van der Waals surface area contributed by atoms with Gasteiger partial charge in [-0.2, -0.15) is 4.31 Å². The number of halogens is 1. The van der Waals surface area contributed by atoms with Crippen LogP contribution in [0.3, 0.4) is 0 Å². The lowest BCUT2D eigenvalue weighted by molar-refractivity contribution is 0.0697. The molecule has 6 nitrogen and oxygen atoms in total. The molecule has 1 saturated heterocycles. The number of amides is 1. The van der Waals surface area contributed by atoms with Crippen LogP contribution in [0.5, 0.6) is 5.75 Å². The molecule has 1 aliphatic rings. The summed E-state index contributed by atoms with van der Waals surface area (Å²) in [5, 5.41) is 0.199. The zero-order valence-electron chi connectivity index (χ0n) is 15.7. The Morgan fingerprint density at radius 1 is 1.07 bits per heavy atom. The van der Waals surface area contributed by atoms with E-state index in [1.807, 2.05) is 13.0 Å². The number of benzene rings is 2. The van der Waals surface area contributed by atoms with Crippen molar-refractivity contribution in [2.75, 3.05) is 32.8 Å². The van der Waals surface area contributed by atoms with Gasteiger partial charge in [0, 0.05) is 31.7 Å². The number of hydrogen-bond acceptors (Lipinski definition) is 4. The van der Waals surface area contributed by atoms with E-state index in [1.165, 1.54) is 10.4 Å². The molecule has 0 bridgehead atoms. The van der Waals surface area contributed by atoms with E-state index in [0.717, 1.165) is 6.42 Å². The molecule has 2 aromatic rings. The van der Waals surface area contributed by atoms with Crippen LogP contribution in [0.1, 0.15) is 23.7 Å². The average molecular weight is 423 g/mol. The molecule has 0 spiro atoms. The normalized spacial score (nSPS) is 15.4. The first kappa shape index (κ1) is 20.6. The molecule has 3 rings (SSSR count). The van der Waals surface area contributed by atoms with Gasteiger partial charge in [-0.15, -0.1) is 0 Å². The highest BCUT2D eigenvalue weighted by atomic mass is 35.5. The predicted molar refractivity (Wildman–Crippen MR) is 108 cm³/mol. The topological polar surface area (TPSA) is 66.9 Å². The Kier molecular flexibility index (Phi) is 6.59. The fourth-order valence-electron chi connectivity index (χ4n) is 3.05. The van der Waals surface area contributed by atoms with Crippen LogP contribution < -0.4 is 4.74 Å². The Bertz CT molecular complexity index is 941. The van der Waals surface area contributed by atoms with Crippen LogP contribution in [0.2, 0.25) is 5.02 Å². The van der Waals surface area contributed by atoms with E-state index in [-0.39, 0.29) is 28.9 Å².